The standard InChI is InChI=1S/C5H10N2O/c1-2-7(8)5-3-4-6/h8H,2-3,5H2,1H3. The zero-order chi connectivity index (χ0) is 6.41. The van der Waals surface area contributed by atoms with Gasteiger partial charge in [-0.25, -0.2) is 0 Å². The van der Waals surface area contributed by atoms with Crippen LogP contribution in [-0.2, 0) is 0 Å². The van der Waals surface area contributed by atoms with E-state index in [2.05, 4.69) is 0 Å². The second-order valence-electron chi connectivity index (χ2n) is 1.45. The fraction of sp³-hybridized carbons (Fsp3) is 0.800. The molecule has 0 aromatic heterocycles. The summed E-state index contributed by atoms with van der Waals surface area (Å²) in [5.74, 6) is 0. The van der Waals surface area contributed by atoms with Crippen LogP contribution in [0.2, 0.25) is 0 Å². The molecular weight excluding hydrogens is 104 g/mol. The summed E-state index contributed by atoms with van der Waals surface area (Å²) < 4.78 is 0. The molecule has 3 nitrogen and oxygen atoms in total. The molecule has 0 aliphatic carbocycles. The SMILES string of the molecule is CCN(O)CCC#N. The Morgan fingerprint density at radius 2 is 2.38 bits per heavy atom. The first kappa shape index (κ1) is 7.41. The Morgan fingerprint density at radius 3 is 2.75 bits per heavy atom. The molecule has 0 atom stereocenters. The number of nitrogens with zero attached hydrogens (tertiary/aromatic N) is 2. The highest BCUT2D eigenvalue weighted by atomic mass is 16.5. The third-order valence-corrected chi connectivity index (χ3v) is 0.847. The maximum absolute atomic E-state index is 8.67. The van der Waals surface area contributed by atoms with Crippen LogP contribution < -0.4 is 0 Å². The highest BCUT2D eigenvalue weighted by Gasteiger charge is 1.91. The molecule has 0 radical (unpaired) electrons. The lowest BCUT2D eigenvalue weighted by Crippen LogP contribution is -2.18. The van der Waals surface area contributed by atoms with Crippen molar-refractivity contribution >= 4 is 0 Å². The van der Waals surface area contributed by atoms with Gasteiger partial charge < -0.3 is 5.21 Å². The Hall–Kier alpha value is -0.590. The van der Waals surface area contributed by atoms with Crippen LogP contribution in [0.4, 0.5) is 0 Å². The molecule has 0 aliphatic heterocycles. The smallest absolute Gasteiger partial charge is 0.0636 e. The summed E-state index contributed by atoms with van der Waals surface area (Å²) >= 11 is 0. The first-order chi connectivity index (χ1) is 3.81. The molecular formula is C5H10N2O. The lowest BCUT2D eigenvalue weighted by atomic mass is 10.4. The van der Waals surface area contributed by atoms with Crippen molar-refractivity contribution in [2.24, 2.45) is 0 Å². The third-order valence-electron chi connectivity index (χ3n) is 0.847. The van der Waals surface area contributed by atoms with Gasteiger partial charge in [0.1, 0.15) is 0 Å². The van der Waals surface area contributed by atoms with Gasteiger partial charge in [0.25, 0.3) is 0 Å². The van der Waals surface area contributed by atoms with Crippen LogP contribution >= 0.6 is 0 Å². The minimum Gasteiger partial charge on any atom is -0.314 e. The molecule has 1 N–H and O–H groups in total. The summed E-state index contributed by atoms with van der Waals surface area (Å²) in [4.78, 5) is 0. The Bertz CT molecular complexity index is 86.9. The average molecular weight is 114 g/mol. The molecule has 3 heteroatoms. The van der Waals surface area contributed by atoms with Crippen LogP contribution in [0.1, 0.15) is 13.3 Å². The average Bonchev–Trinajstić information content (AvgIpc) is 1.83. The predicted molar refractivity (Wildman–Crippen MR) is 29.3 cm³/mol. The lowest BCUT2D eigenvalue weighted by molar-refractivity contribution is -0.0841. The van der Waals surface area contributed by atoms with Crippen LogP contribution in [0.25, 0.3) is 0 Å². The maximum atomic E-state index is 8.67. The van der Waals surface area contributed by atoms with Crippen molar-refractivity contribution < 1.29 is 5.21 Å². The highest BCUT2D eigenvalue weighted by molar-refractivity contribution is 4.68. The van der Waals surface area contributed by atoms with Crippen LogP contribution in [0, 0.1) is 11.3 Å². The Morgan fingerprint density at radius 1 is 1.75 bits per heavy atom. The molecule has 0 unspecified atom stereocenters. The third kappa shape index (κ3) is 3.59. The van der Waals surface area contributed by atoms with Gasteiger partial charge in [0, 0.05) is 13.1 Å². The summed E-state index contributed by atoms with van der Waals surface area (Å²) in [6, 6.07) is 1.93. The molecule has 0 saturated carbocycles. The topological polar surface area (TPSA) is 47.3 Å². The number of hydrogen-bond donors (Lipinski definition) is 1. The fourth-order valence-electron chi connectivity index (χ4n) is 0.337. The molecule has 0 bridgehead atoms. The summed E-state index contributed by atoms with van der Waals surface area (Å²) in [5.41, 5.74) is 0. The van der Waals surface area contributed by atoms with Gasteiger partial charge >= 0.3 is 0 Å². The molecule has 0 fully saturated rings. The lowest BCUT2D eigenvalue weighted by Gasteiger charge is -2.07. The van der Waals surface area contributed by atoms with Crippen molar-refractivity contribution in [3.63, 3.8) is 0 Å². The summed E-state index contributed by atoms with van der Waals surface area (Å²) in [6.07, 6.45) is 0.393. The number of hydroxylamine groups is 2. The first-order valence-electron chi connectivity index (χ1n) is 2.62. The van der Waals surface area contributed by atoms with E-state index in [-0.39, 0.29) is 0 Å². The number of hydrogen-bond acceptors (Lipinski definition) is 3. The molecule has 0 aromatic rings. The van der Waals surface area contributed by atoms with E-state index in [0.717, 1.165) is 5.06 Å². The van der Waals surface area contributed by atoms with E-state index in [1.54, 1.807) is 0 Å². The van der Waals surface area contributed by atoms with Gasteiger partial charge in [-0.05, 0) is 0 Å². The van der Waals surface area contributed by atoms with E-state index in [1.165, 1.54) is 0 Å². The van der Waals surface area contributed by atoms with E-state index < -0.39 is 0 Å². The molecule has 0 aliphatic rings. The zero-order valence-corrected chi connectivity index (χ0v) is 4.96. The van der Waals surface area contributed by atoms with Gasteiger partial charge in [-0.15, -0.1) is 0 Å². The van der Waals surface area contributed by atoms with Gasteiger partial charge in [-0.2, -0.15) is 10.3 Å². The molecule has 0 saturated heterocycles. The van der Waals surface area contributed by atoms with Crippen LogP contribution in [-0.4, -0.2) is 23.4 Å². The van der Waals surface area contributed by atoms with Crippen molar-refractivity contribution in [3.05, 3.63) is 0 Å². The number of rotatable bonds is 3. The molecule has 0 rings (SSSR count). The van der Waals surface area contributed by atoms with Gasteiger partial charge in [-0.3, -0.25) is 0 Å². The maximum Gasteiger partial charge on any atom is 0.0636 e. The molecule has 0 heterocycles. The summed E-state index contributed by atoms with van der Waals surface area (Å²) in [6.45, 7) is 2.87. The van der Waals surface area contributed by atoms with Crippen LogP contribution in [0.5, 0.6) is 0 Å². The monoisotopic (exact) mass is 114 g/mol. The van der Waals surface area contributed by atoms with E-state index in [0.29, 0.717) is 19.5 Å². The summed E-state index contributed by atoms with van der Waals surface area (Å²) in [7, 11) is 0. The van der Waals surface area contributed by atoms with E-state index in [4.69, 9.17) is 10.5 Å². The molecule has 0 aromatic carbocycles. The number of nitriles is 1. The van der Waals surface area contributed by atoms with Crippen LogP contribution in [0.15, 0.2) is 0 Å². The normalized spacial score (nSPS) is 9.25. The van der Waals surface area contributed by atoms with E-state index in [1.807, 2.05) is 13.0 Å². The van der Waals surface area contributed by atoms with Crippen molar-refractivity contribution in [3.8, 4) is 6.07 Å². The van der Waals surface area contributed by atoms with E-state index in [9.17, 15) is 0 Å². The zero-order valence-electron chi connectivity index (χ0n) is 4.96. The van der Waals surface area contributed by atoms with Crippen molar-refractivity contribution in [1.82, 2.24) is 5.06 Å². The van der Waals surface area contributed by atoms with Crippen molar-refractivity contribution in [2.45, 2.75) is 13.3 Å². The molecule has 0 amide bonds. The predicted octanol–water partition coefficient (Wildman–Crippen LogP) is 0.611. The first-order valence-corrected chi connectivity index (χ1v) is 2.62. The second-order valence-corrected chi connectivity index (χ2v) is 1.45. The van der Waals surface area contributed by atoms with Gasteiger partial charge in [0.05, 0.1) is 12.5 Å². The second kappa shape index (κ2) is 4.57. The minimum absolute atomic E-state index is 0.393. The largest absolute Gasteiger partial charge is 0.314 e. The molecule has 8 heavy (non-hydrogen) atoms. The highest BCUT2D eigenvalue weighted by Crippen LogP contribution is 1.81. The quantitative estimate of drug-likeness (QED) is 0.547. The Labute approximate surface area is 49.1 Å². The van der Waals surface area contributed by atoms with E-state index >= 15 is 0 Å². The Balaban J connectivity index is 3.01. The van der Waals surface area contributed by atoms with Gasteiger partial charge in [0.15, 0.2) is 0 Å². The van der Waals surface area contributed by atoms with Crippen LogP contribution in [0.3, 0.4) is 0 Å². The van der Waals surface area contributed by atoms with Gasteiger partial charge in [0.2, 0.25) is 0 Å². The Kier molecular flexibility index (Phi) is 4.23. The van der Waals surface area contributed by atoms with Crippen molar-refractivity contribution in [1.29, 1.82) is 5.26 Å². The fourth-order valence-corrected chi connectivity index (χ4v) is 0.337. The molecule has 46 valence electrons. The molecule has 0 spiro atoms. The van der Waals surface area contributed by atoms with Gasteiger partial charge in [-0.1, -0.05) is 6.92 Å². The van der Waals surface area contributed by atoms with Crippen molar-refractivity contribution in [2.75, 3.05) is 13.1 Å². The minimum atomic E-state index is 0.393. The summed E-state index contributed by atoms with van der Waals surface area (Å²) in [5, 5.41) is 17.8.